The van der Waals surface area contributed by atoms with Gasteiger partial charge in [0.15, 0.2) is 11.5 Å². The summed E-state index contributed by atoms with van der Waals surface area (Å²) in [6, 6.07) is 27.6. The Kier molecular flexibility index (Phi) is 8.14. The maximum atomic E-state index is 5.95. The largest absolute Gasteiger partial charge is 0.493 e. The van der Waals surface area contributed by atoms with Crippen molar-refractivity contribution in [1.29, 1.82) is 0 Å². The molecule has 3 aromatic rings. The fourth-order valence-electron chi connectivity index (χ4n) is 3.29. The molecule has 0 spiro atoms. The van der Waals surface area contributed by atoms with E-state index in [0.717, 1.165) is 37.3 Å². The van der Waals surface area contributed by atoms with E-state index in [1.807, 2.05) is 12.1 Å². The van der Waals surface area contributed by atoms with Gasteiger partial charge in [0, 0.05) is 19.0 Å². The number of hydrogen-bond acceptors (Lipinski definition) is 3. The van der Waals surface area contributed by atoms with E-state index in [9.17, 15) is 0 Å². The number of hydrogen-bond donors (Lipinski definition) is 1. The second kappa shape index (κ2) is 11.3. The Labute approximate surface area is 174 Å². The maximum Gasteiger partial charge on any atom is 0.161 e. The molecule has 0 unspecified atom stereocenters. The van der Waals surface area contributed by atoms with Crippen molar-refractivity contribution in [2.24, 2.45) is 0 Å². The molecule has 1 N–H and O–H groups in total. The second-order valence-corrected chi connectivity index (χ2v) is 7.38. The summed E-state index contributed by atoms with van der Waals surface area (Å²) in [7, 11) is 1.69. The molecule has 3 heteroatoms. The molecule has 29 heavy (non-hydrogen) atoms. The maximum absolute atomic E-state index is 5.95. The number of aryl methyl sites for hydroxylation is 1. The molecule has 3 nitrogen and oxygen atoms in total. The summed E-state index contributed by atoms with van der Waals surface area (Å²) in [5.74, 6) is 1.58. The Morgan fingerprint density at radius 3 is 2.07 bits per heavy atom. The predicted octanol–water partition coefficient (Wildman–Crippen LogP) is 5.43. The molecule has 152 valence electrons. The van der Waals surface area contributed by atoms with Crippen LogP contribution in [0.5, 0.6) is 11.5 Å². The number of methoxy groups -OCH3 is 1. The second-order valence-electron chi connectivity index (χ2n) is 7.38. The van der Waals surface area contributed by atoms with Gasteiger partial charge in [0.1, 0.15) is 0 Å². The summed E-state index contributed by atoms with van der Waals surface area (Å²) in [5.41, 5.74) is 3.86. The smallest absolute Gasteiger partial charge is 0.161 e. The SMILES string of the molecule is COc1cc(CN[C@@H](C)CCc2ccccc2)ccc1OCCc1ccccc1. The minimum absolute atomic E-state index is 0.447. The summed E-state index contributed by atoms with van der Waals surface area (Å²) >= 11 is 0. The third-order valence-electron chi connectivity index (χ3n) is 5.08. The molecule has 1 atom stereocenters. The summed E-state index contributed by atoms with van der Waals surface area (Å²) in [4.78, 5) is 0. The van der Waals surface area contributed by atoms with Crippen LogP contribution in [-0.2, 0) is 19.4 Å². The van der Waals surface area contributed by atoms with Gasteiger partial charge in [0.2, 0.25) is 0 Å². The van der Waals surface area contributed by atoms with Crippen LogP contribution in [0.2, 0.25) is 0 Å². The highest BCUT2D eigenvalue weighted by atomic mass is 16.5. The molecule has 0 bridgehead atoms. The lowest BCUT2D eigenvalue weighted by molar-refractivity contribution is 0.297. The molecule has 0 aliphatic rings. The van der Waals surface area contributed by atoms with Gasteiger partial charge in [-0.15, -0.1) is 0 Å². The highest BCUT2D eigenvalue weighted by Crippen LogP contribution is 2.28. The third kappa shape index (κ3) is 6.95. The van der Waals surface area contributed by atoms with Gasteiger partial charge in [-0.1, -0.05) is 66.7 Å². The van der Waals surface area contributed by atoms with E-state index in [-0.39, 0.29) is 0 Å². The van der Waals surface area contributed by atoms with Crippen LogP contribution in [0.15, 0.2) is 78.9 Å². The molecular formula is C26H31NO2. The van der Waals surface area contributed by atoms with Crippen LogP contribution >= 0.6 is 0 Å². The van der Waals surface area contributed by atoms with Crippen molar-refractivity contribution in [3.05, 3.63) is 95.6 Å². The van der Waals surface area contributed by atoms with Crippen LogP contribution in [0.4, 0.5) is 0 Å². The first-order valence-corrected chi connectivity index (χ1v) is 10.4. The highest BCUT2D eigenvalue weighted by molar-refractivity contribution is 5.43. The summed E-state index contributed by atoms with van der Waals surface area (Å²) < 4.78 is 11.5. The van der Waals surface area contributed by atoms with Crippen LogP contribution in [0.3, 0.4) is 0 Å². The Morgan fingerprint density at radius 1 is 0.759 bits per heavy atom. The van der Waals surface area contributed by atoms with E-state index in [2.05, 4.69) is 79.0 Å². The van der Waals surface area contributed by atoms with Crippen molar-refractivity contribution < 1.29 is 9.47 Å². The number of ether oxygens (including phenoxy) is 2. The van der Waals surface area contributed by atoms with Crippen LogP contribution in [-0.4, -0.2) is 19.8 Å². The Hall–Kier alpha value is -2.78. The van der Waals surface area contributed by atoms with Crippen LogP contribution in [0.1, 0.15) is 30.0 Å². The van der Waals surface area contributed by atoms with Crippen LogP contribution in [0, 0.1) is 0 Å². The summed E-state index contributed by atoms with van der Waals surface area (Å²) in [6.07, 6.45) is 3.08. The Morgan fingerprint density at radius 2 is 1.41 bits per heavy atom. The molecule has 0 fully saturated rings. The molecule has 0 aliphatic heterocycles. The summed E-state index contributed by atoms with van der Waals surface area (Å²) in [6.45, 7) is 3.69. The number of rotatable bonds is 11. The standard InChI is InChI=1S/C26H31NO2/c1-21(13-14-22-9-5-3-6-10-22)27-20-24-15-16-25(26(19-24)28-2)29-18-17-23-11-7-4-8-12-23/h3-12,15-16,19,21,27H,13-14,17-18,20H2,1-2H3/t21-/m0/s1. The molecule has 3 aromatic carbocycles. The zero-order valence-electron chi connectivity index (χ0n) is 17.4. The molecule has 0 radical (unpaired) electrons. The summed E-state index contributed by atoms with van der Waals surface area (Å²) in [5, 5.41) is 3.61. The predicted molar refractivity (Wildman–Crippen MR) is 120 cm³/mol. The Bertz CT molecular complexity index is 849. The molecule has 0 aromatic heterocycles. The lowest BCUT2D eigenvalue weighted by atomic mass is 10.1. The normalized spacial score (nSPS) is 11.8. The van der Waals surface area contributed by atoms with Gasteiger partial charge in [-0.2, -0.15) is 0 Å². The zero-order valence-corrected chi connectivity index (χ0v) is 17.4. The van der Waals surface area contributed by atoms with Crippen molar-refractivity contribution >= 4 is 0 Å². The lowest BCUT2D eigenvalue weighted by Crippen LogP contribution is -2.26. The quantitative estimate of drug-likeness (QED) is 0.474. The van der Waals surface area contributed by atoms with E-state index >= 15 is 0 Å². The van der Waals surface area contributed by atoms with E-state index in [0.29, 0.717) is 12.6 Å². The fourth-order valence-corrected chi connectivity index (χ4v) is 3.29. The van der Waals surface area contributed by atoms with Gasteiger partial charge in [-0.05, 0) is 48.6 Å². The van der Waals surface area contributed by atoms with Crippen molar-refractivity contribution in [2.45, 2.75) is 38.8 Å². The Balaban J connectivity index is 1.46. The third-order valence-corrected chi connectivity index (χ3v) is 5.08. The first-order valence-electron chi connectivity index (χ1n) is 10.4. The van der Waals surface area contributed by atoms with Gasteiger partial charge < -0.3 is 14.8 Å². The van der Waals surface area contributed by atoms with Crippen molar-refractivity contribution in [3.63, 3.8) is 0 Å². The van der Waals surface area contributed by atoms with Crippen molar-refractivity contribution in [3.8, 4) is 11.5 Å². The van der Waals surface area contributed by atoms with Gasteiger partial charge in [0.05, 0.1) is 13.7 Å². The molecule has 0 saturated carbocycles. The lowest BCUT2D eigenvalue weighted by Gasteiger charge is -2.16. The van der Waals surface area contributed by atoms with Gasteiger partial charge >= 0.3 is 0 Å². The van der Waals surface area contributed by atoms with E-state index in [4.69, 9.17) is 9.47 Å². The number of nitrogens with one attached hydrogen (secondary N) is 1. The monoisotopic (exact) mass is 389 g/mol. The first-order chi connectivity index (χ1) is 14.2. The molecule has 0 saturated heterocycles. The average molecular weight is 390 g/mol. The minimum atomic E-state index is 0.447. The zero-order chi connectivity index (χ0) is 20.3. The number of benzene rings is 3. The topological polar surface area (TPSA) is 30.5 Å². The fraction of sp³-hybridized carbons (Fsp3) is 0.308. The van der Waals surface area contributed by atoms with Gasteiger partial charge in [-0.3, -0.25) is 0 Å². The first kappa shape index (κ1) is 20.9. The van der Waals surface area contributed by atoms with Gasteiger partial charge in [0.25, 0.3) is 0 Å². The molecule has 0 aliphatic carbocycles. The molecule has 0 heterocycles. The van der Waals surface area contributed by atoms with Crippen LogP contribution < -0.4 is 14.8 Å². The minimum Gasteiger partial charge on any atom is -0.493 e. The molecular weight excluding hydrogens is 358 g/mol. The average Bonchev–Trinajstić information content (AvgIpc) is 2.78. The van der Waals surface area contributed by atoms with Crippen molar-refractivity contribution in [1.82, 2.24) is 5.32 Å². The molecule has 0 amide bonds. The van der Waals surface area contributed by atoms with E-state index < -0.39 is 0 Å². The molecule has 3 rings (SSSR count). The van der Waals surface area contributed by atoms with Crippen LogP contribution in [0.25, 0.3) is 0 Å². The van der Waals surface area contributed by atoms with E-state index in [1.165, 1.54) is 16.7 Å². The van der Waals surface area contributed by atoms with Gasteiger partial charge in [-0.25, -0.2) is 0 Å². The van der Waals surface area contributed by atoms with E-state index in [1.54, 1.807) is 7.11 Å². The van der Waals surface area contributed by atoms with Crippen molar-refractivity contribution in [2.75, 3.05) is 13.7 Å². The highest BCUT2D eigenvalue weighted by Gasteiger charge is 2.08.